The molecule has 44 valence electrons. The van der Waals surface area contributed by atoms with E-state index in [1.807, 2.05) is 0 Å². The van der Waals surface area contributed by atoms with Crippen molar-refractivity contribution in [2.24, 2.45) is 5.92 Å². The lowest BCUT2D eigenvalue weighted by atomic mass is 10.2. The molecule has 0 aliphatic carbocycles. The molecular formula is C4H9IO2. The van der Waals surface area contributed by atoms with Gasteiger partial charge in [-0.3, -0.25) is 0 Å². The first-order valence-electron chi connectivity index (χ1n) is 1.85. The molecule has 0 N–H and O–H groups in total. The number of halogens is 1. The van der Waals surface area contributed by atoms with E-state index in [4.69, 9.17) is 0 Å². The van der Waals surface area contributed by atoms with E-state index in [9.17, 15) is 9.90 Å². The van der Waals surface area contributed by atoms with Gasteiger partial charge in [0.1, 0.15) is 0 Å². The summed E-state index contributed by atoms with van der Waals surface area (Å²) in [7, 11) is 0. The molecule has 0 aliphatic rings. The zero-order chi connectivity index (χ0) is 5.15. The maximum atomic E-state index is 9.59. The number of carboxylic acids is 1. The van der Waals surface area contributed by atoms with Crippen LogP contribution >= 0.6 is 0 Å². The molecule has 0 unspecified atom stereocenters. The normalized spacial score (nSPS) is 7.86. The molecule has 3 heteroatoms. The van der Waals surface area contributed by atoms with Crippen LogP contribution in [0.15, 0.2) is 0 Å². The van der Waals surface area contributed by atoms with Crippen LogP contribution in [0.3, 0.4) is 0 Å². The van der Waals surface area contributed by atoms with E-state index in [-0.39, 0.29) is 29.9 Å². The molecule has 0 amide bonds. The summed E-state index contributed by atoms with van der Waals surface area (Å²) >= 11 is 0. The molecule has 0 spiro atoms. The average Bonchev–Trinajstić information content (AvgIpc) is 1.36. The highest BCUT2D eigenvalue weighted by molar-refractivity contribution is 5.66. The second-order valence-electron chi connectivity index (χ2n) is 1.47. The zero-order valence-electron chi connectivity index (χ0n) is 4.34. The van der Waals surface area contributed by atoms with Crippen molar-refractivity contribution in [3.8, 4) is 0 Å². The van der Waals surface area contributed by atoms with Crippen LogP contribution in [0.2, 0.25) is 0 Å². The fraction of sp³-hybridized carbons (Fsp3) is 0.750. The predicted octanol–water partition coefficient (Wildman–Crippen LogP) is -4.14. The van der Waals surface area contributed by atoms with Crippen LogP contribution in [-0.4, -0.2) is 5.97 Å². The highest BCUT2D eigenvalue weighted by atomic mass is 127. The first-order valence-corrected chi connectivity index (χ1v) is 1.85. The van der Waals surface area contributed by atoms with E-state index in [0.717, 1.165) is 0 Å². The quantitative estimate of drug-likeness (QED) is 0.417. The molecule has 7 heavy (non-hydrogen) atoms. The highest BCUT2D eigenvalue weighted by Crippen LogP contribution is 1.83. The van der Waals surface area contributed by atoms with Crippen molar-refractivity contribution >= 4 is 5.97 Å². The summed E-state index contributed by atoms with van der Waals surface area (Å²) in [5.74, 6) is -1.33. The topological polar surface area (TPSA) is 40.1 Å². The molecule has 0 atom stereocenters. The number of hydrogen-bond donors (Lipinski definition) is 0. The lowest BCUT2D eigenvalue weighted by Crippen LogP contribution is -3.00. The van der Waals surface area contributed by atoms with Gasteiger partial charge in [0.2, 0.25) is 24.0 Å². The number of carbonyl (C=O) groups excluding carboxylic acids is 1. The van der Waals surface area contributed by atoms with Gasteiger partial charge in [-0.15, -0.1) is 0 Å². The van der Waals surface area contributed by atoms with Crippen LogP contribution < -0.4 is 29.1 Å². The first kappa shape index (κ1) is 10.2. The Morgan fingerprint density at radius 2 is 1.71 bits per heavy atom. The Bertz CT molecular complexity index is 60.7. The van der Waals surface area contributed by atoms with Gasteiger partial charge >= 0.3 is 0 Å². The Morgan fingerprint density at radius 3 is 1.71 bits per heavy atom. The lowest BCUT2D eigenvalue weighted by molar-refractivity contribution is -0.310. The van der Waals surface area contributed by atoms with Gasteiger partial charge in [0.15, 0.2) is 0 Å². The fourth-order valence-corrected chi connectivity index (χ4v) is 0. The van der Waals surface area contributed by atoms with Crippen LogP contribution in [-0.2, 0) is 4.79 Å². The molecule has 0 heterocycles. The van der Waals surface area contributed by atoms with E-state index in [1.165, 1.54) is 0 Å². The van der Waals surface area contributed by atoms with Crippen molar-refractivity contribution < 1.29 is 33.9 Å². The van der Waals surface area contributed by atoms with Gasteiger partial charge in [-0.2, -0.15) is 0 Å². The van der Waals surface area contributed by atoms with Crippen molar-refractivity contribution in [3.63, 3.8) is 0 Å². The van der Waals surface area contributed by atoms with Gasteiger partial charge in [-0.05, 0) is 5.92 Å². The van der Waals surface area contributed by atoms with Crippen LogP contribution in [0.4, 0.5) is 0 Å². The average molecular weight is 216 g/mol. The Hall–Kier alpha value is 0.200. The molecule has 0 aliphatic heterocycles. The third-order valence-corrected chi connectivity index (χ3v) is 0.471. The molecule has 0 radical (unpaired) electrons. The van der Waals surface area contributed by atoms with Gasteiger partial charge < -0.3 is 9.90 Å². The number of hydrogen-bond acceptors (Lipinski definition) is 2. The van der Waals surface area contributed by atoms with Gasteiger partial charge in [-0.1, -0.05) is 13.8 Å². The summed E-state index contributed by atoms with van der Waals surface area (Å²) in [5.41, 5.74) is 0. The minimum absolute atomic E-state index is 0. The third kappa shape index (κ3) is 6.20. The predicted molar refractivity (Wildman–Crippen MR) is 22.6 cm³/mol. The second kappa shape index (κ2) is 4.36. The summed E-state index contributed by atoms with van der Waals surface area (Å²) in [6.45, 7) is 3.16. The van der Waals surface area contributed by atoms with E-state index in [0.29, 0.717) is 0 Å². The Morgan fingerprint density at radius 1 is 1.57 bits per heavy atom. The Labute approximate surface area is 59.9 Å². The molecule has 0 saturated heterocycles. The number of carbonyl (C=O) groups is 1. The van der Waals surface area contributed by atoms with Gasteiger partial charge in [-0.25, -0.2) is 0 Å². The maximum Gasteiger partial charge on any atom is 0.235 e. The molecule has 0 bridgehead atoms. The van der Waals surface area contributed by atoms with Gasteiger partial charge in [0.05, 0.1) is 0 Å². The lowest BCUT2D eigenvalue weighted by Gasteiger charge is -2.01. The molecule has 0 aromatic heterocycles. The van der Waals surface area contributed by atoms with Crippen molar-refractivity contribution in [2.75, 3.05) is 0 Å². The molecule has 0 aromatic carbocycles. The van der Waals surface area contributed by atoms with Crippen LogP contribution in [0.1, 0.15) is 13.8 Å². The van der Waals surface area contributed by atoms with Crippen molar-refractivity contribution in [1.29, 1.82) is 0 Å². The van der Waals surface area contributed by atoms with E-state index < -0.39 is 5.97 Å². The minimum atomic E-state index is -0.991. The van der Waals surface area contributed by atoms with E-state index in [1.54, 1.807) is 13.8 Å². The van der Waals surface area contributed by atoms with E-state index >= 15 is 0 Å². The SMILES string of the molecule is CC(C)C(=O)[O-].[IH2+]. The van der Waals surface area contributed by atoms with E-state index in [2.05, 4.69) is 0 Å². The monoisotopic (exact) mass is 216 g/mol. The van der Waals surface area contributed by atoms with Gasteiger partial charge in [0.25, 0.3) is 0 Å². The second-order valence-corrected chi connectivity index (χ2v) is 1.47. The highest BCUT2D eigenvalue weighted by Gasteiger charge is 1.87. The molecule has 0 fully saturated rings. The van der Waals surface area contributed by atoms with Crippen molar-refractivity contribution in [1.82, 2.24) is 0 Å². The molecule has 0 saturated carbocycles. The maximum absolute atomic E-state index is 9.59. The molecular weight excluding hydrogens is 207 g/mol. The fourth-order valence-electron chi connectivity index (χ4n) is 0. The Balaban J connectivity index is 0. The largest absolute Gasteiger partial charge is 0.550 e. The smallest absolute Gasteiger partial charge is 0.235 e. The zero-order valence-corrected chi connectivity index (χ0v) is 6.89. The van der Waals surface area contributed by atoms with Crippen molar-refractivity contribution in [2.45, 2.75) is 13.8 Å². The summed E-state index contributed by atoms with van der Waals surface area (Å²) in [4.78, 5) is 9.59. The summed E-state index contributed by atoms with van der Waals surface area (Å²) in [5, 5.41) is 9.59. The minimum Gasteiger partial charge on any atom is -0.550 e. The molecule has 0 aromatic rings. The van der Waals surface area contributed by atoms with Crippen LogP contribution in [0, 0.1) is 5.92 Å². The van der Waals surface area contributed by atoms with Gasteiger partial charge in [0, 0.05) is 5.97 Å². The number of carboxylic acid groups (broad SMARTS) is 1. The Kier molecular flexibility index (Phi) is 6.38. The van der Waals surface area contributed by atoms with Crippen molar-refractivity contribution in [3.05, 3.63) is 0 Å². The standard InChI is InChI=1S/C4H8O2.H2I/c1-3(2)4(5)6;/h3H,1-2H3,(H,5,6);1H2/q;+1/p-1. The number of aliphatic carboxylic acids is 1. The summed E-state index contributed by atoms with van der Waals surface area (Å²) in [6, 6.07) is 0. The summed E-state index contributed by atoms with van der Waals surface area (Å²) < 4.78 is 0. The number of rotatable bonds is 1. The van der Waals surface area contributed by atoms with Crippen LogP contribution in [0.5, 0.6) is 0 Å². The molecule has 2 nitrogen and oxygen atoms in total. The van der Waals surface area contributed by atoms with Crippen LogP contribution in [0.25, 0.3) is 0 Å². The first-order chi connectivity index (χ1) is 2.64. The third-order valence-electron chi connectivity index (χ3n) is 0.471. The molecule has 0 rings (SSSR count). The summed E-state index contributed by atoms with van der Waals surface area (Å²) in [6.07, 6.45) is 0.